The highest BCUT2D eigenvalue weighted by Crippen LogP contribution is 2.40. The number of carbonyl (C=O) groups is 2. The molecule has 33 heavy (non-hydrogen) atoms. The Morgan fingerprint density at radius 2 is 1.61 bits per heavy atom. The molecule has 0 radical (unpaired) electrons. The summed E-state index contributed by atoms with van der Waals surface area (Å²) in [5, 5.41) is 3.06. The molecule has 0 aromatic heterocycles. The van der Waals surface area contributed by atoms with Gasteiger partial charge in [0.15, 0.2) is 0 Å². The van der Waals surface area contributed by atoms with Gasteiger partial charge >= 0.3 is 0 Å². The third-order valence-electron chi connectivity index (χ3n) is 6.11. The van der Waals surface area contributed by atoms with Gasteiger partial charge in [0.1, 0.15) is 11.5 Å². The molecule has 0 unspecified atom stereocenters. The number of benzene rings is 3. The van der Waals surface area contributed by atoms with Gasteiger partial charge in [-0.15, -0.1) is 0 Å². The lowest BCUT2D eigenvalue weighted by Gasteiger charge is -2.21. The van der Waals surface area contributed by atoms with Crippen LogP contribution < -0.4 is 14.8 Å². The van der Waals surface area contributed by atoms with E-state index in [-0.39, 0.29) is 17.7 Å². The molecule has 1 fully saturated rings. The summed E-state index contributed by atoms with van der Waals surface area (Å²) in [5.74, 6) is 0.552. The fourth-order valence-corrected chi connectivity index (χ4v) is 4.36. The maximum atomic E-state index is 13.3. The summed E-state index contributed by atoms with van der Waals surface area (Å²) in [6.45, 7) is 1.19. The SMILES string of the molecule is COc1ccc(OC)c([C@@H]2CN(C(=O)c3ccccc3)C[C@@H]2C(=O)NCc2ccccc2)c1. The molecule has 6 heteroatoms. The summed E-state index contributed by atoms with van der Waals surface area (Å²) in [4.78, 5) is 28.3. The predicted molar refractivity (Wildman–Crippen MR) is 126 cm³/mol. The van der Waals surface area contributed by atoms with Crippen LogP contribution in [0.25, 0.3) is 0 Å². The molecule has 0 bridgehead atoms. The fraction of sp³-hybridized carbons (Fsp3) is 0.259. The molecule has 1 N–H and O–H groups in total. The molecule has 1 aliphatic rings. The second-order valence-corrected chi connectivity index (χ2v) is 8.10. The first-order valence-electron chi connectivity index (χ1n) is 11.0. The monoisotopic (exact) mass is 444 g/mol. The number of nitrogens with zero attached hydrogens (tertiary/aromatic N) is 1. The van der Waals surface area contributed by atoms with E-state index >= 15 is 0 Å². The molecule has 0 saturated carbocycles. The lowest BCUT2D eigenvalue weighted by atomic mass is 9.87. The second kappa shape index (κ2) is 10.2. The number of methoxy groups -OCH3 is 2. The average Bonchev–Trinajstić information content (AvgIpc) is 3.33. The third-order valence-corrected chi connectivity index (χ3v) is 6.11. The van der Waals surface area contributed by atoms with Crippen LogP contribution in [0.2, 0.25) is 0 Å². The van der Waals surface area contributed by atoms with Gasteiger partial charge in [-0.3, -0.25) is 9.59 Å². The van der Waals surface area contributed by atoms with Gasteiger partial charge in [0.2, 0.25) is 5.91 Å². The number of ether oxygens (including phenoxy) is 2. The van der Waals surface area contributed by atoms with Crippen LogP contribution in [0.4, 0.5) is 0 Å². The molecule has 3 aromatic carbocycles. The standard InChI is InChI=1S/C27H28N2O4/c1-32-21-13-14-25(33-2)22(15-21)23-17-29(27(31)20-11-7-4-8-12-20)18-24(23)26(30)28-16-19-9-5-3-6-10-19/h3-15,23-24H,16-18H2,1-2H3,(H,28,30)/t23-,24-/m0/s1. The molecule has 3 aromatic rings. The van der Waals surface area contributed by atoms with Gasteiger partial charge in [0, 0.05) is 36.7 Å². The zero-order valence-corrected chi connectivity index (χ0v) is 18.9. The summed E-state index contributed by atoms with van der Waals surface area (Å²) in [7, 11) is 3.22. The van der Waals surface area contributed by atoms with Crippen LogP contribution in [-0.4, -0.2) is 44.0 Å². The van der Waals surface area contributed by atoms with E-state index in [2.05, 4.69) is 5.32 Å². The number of hydrogen-bond acceptors (Lipinski definition) is 4. The molecule has 6 nitrogen and oxygen atoms in total. The van der Waals surface area contributed by atoms with E-state index in [4.69, 9.17) is 9.47 Å². The third kappa shape index (κ3) is 5.00. The van der Waals surface area contributed by atoms with Crippen LogP contribution in [-0.2, 0) is 11.3 Å². The van der Waals surface area contributed by atoms with Crippen molar-refractivity contribution in [3.8, 4) is 11.5 Å². The maximum absolute atomic E-state index is 13.3. The first kappa shape index (κ1) is 22.4. The van der Waals surface area contributed by atoms with Gasteiger partial charge in [-0.2, -0.15) is 0 Å². The number of carbonyl (C=O) groups excluding carboxylic acids is 2. The van der Waals surface area contributed by atoms with Gasteiger partial charge < -0.3 is 19.7 Å². The molecule has 1 aliphatic heterocycles. The van der Waals surface area contributed by atoms with Crippen LogP contribution in [0.5, 0.6) is 11.5 Å². The number of amides is 2. The molecule has 0 spiro atoms. The summed E-state index contributed by atoms with van der Waals surface area (Å²) in [6, 6.07) is 24.5. The molecule has 0 aliphatic carbocycles. The first-order valence-corrected chi connectivity index (χ1v) is 11.0. The van der Waals surface area contributed by atoms with Crippen molar-refractivity contribution in [2.24, 2.45) is 5.92 Å². The normalized spacial score (nSPS) is 17.5. The average molecular weight is 445 g/mol. The van der Waals surface area contributed by atoms with Gasteiger partial charge in [-0.25, -0.2) is 0 Å². The van der Waals surface area contributed by atoms with Crippen LogP contribution in [0, 0.1) is 5.92 Å². The van der Waals surface area contributed by atoms with Crippen molar-refractivity contribution in [2.75, 3.05) is 27.3 Å². The number of rotatable bonds is 7. The van der Waals surface area contributed by atoms with Crippen LogP contribution in [0.3, 0.4) is 0 Å². The lowest BCUT2D eigenvalue weighted by molar-refractivity contribution is -0.125. The Morgan fingerprint density at radius 1 is 0.909 bits per heavy atom. The predicted octanol–water partition coefficient (Wildman–Crippen LogP) is 3.88. The number of likely N-dealkylation sites (tertiary alicyclic amines) is 1. The van der Waals surface area contributed by atoms with Crippen molar-refractivity contribution in [3.63, 3.8) is 0 Å². The van der Waals surface area contributed by atoms with Crippen LogP contribution in [0.1, 0.15) is 27.4 Å². The van der Waals surface area contributed by atoms with Gasteiger partial charge in [-0.05, 0) is 35.9 Å². The summed E-state index contributed by atoms with van der Waals surface area (Å²) in [6.07, 6.45) is 0. The highest BCUT2D eigenvalue weighted by molar-refractivity contribution is 5.95. The van der Waals surface area contributed by atoms with Crippen LogP contribution in [0.15, 0.2) is 78.9 Å². The molecule has 1 heterocycles. The van der Waals surface area contributed by atoms with Crippen molar-refractivity contribution in [3.05, 3.63) is 95.6 Å². The molecule has 2 amide bonds. The van der Waals surface area contributed by atoms with E-state index in [0.717, 1.165) is 11.1 Å². The van der Waals surface area contributed by atoms with Gasteiger partial charge in [0.25, 0.3) is 5.91 Å². The lowest BCUT2D eigenvalue weighted by Crippen LogP contribution is -2.35. The zero-order chi connectivity index (χ0) is 23.2. The van der Waals surface area contributed by atoms with Crippen molar-refractivity contribution in [1.29, 1.82) is 0 Å². The minimum atomic E-state index is -0.414. The Morgan fingerprint density at radius 3 is 2.27 bits per heavy atom. The summed E-state index contributed by atoms with van der Waals surface area (Å²) >= 11 is 0. The summed E-state index contributed by atoms with van der Waals surface area (Å²) in [5.41, 5.74) is 2.50. The van der Waals surface area contributed by atoms with Crippen molar-refractivity contribution in [2.45, 2.75) is 12.5 Å². The Labute approximate surface area is 194 Å². The quantitative estimate of drug-likeness (QED) is 0.601. The molecular weight excluding hydrogens is 416 g/mol. The van der Waals surface area contributed by atoms with Crippen molar-refractivity contribution < 1.29 is 19.1 Å². The zero-order valence-electron chi connectivity index (χ0n) is 18.9. The Balaban J connectivity index is 1.62. The van der Waals surface area contributed by atoms with E-state index in [0.29, 0.717) is 36.7 Å². The Kier molecular flexibility index (Phi) is 6.93. The van der Waals surface area contributed by atoms with E-state index in [9.17, 15) is 9.59 Å². The van der Waals surface area contributed by atoms with Gasteiger partial charge in [-0.1, -0.05) is 48.5 Å². The molecule has 4 rings (SSSR count). The minimum absolute atomic E-state index is 0.0826. The number of nitrogens with one attached hydrogen (secondary N) is 1. The van der Waals surface area contributed by atoms with Gasteiger partial charge in [0.05, 0.1) is 20.1 Å². The first-order chi connectivity index (χ1) is 16.1. The van der Waals surface area contributed by atoms with E-state index < -0.39 is 5.92 Å². The second-order valence-electron chi connectivity index (χ2n) is 8.10. The highest BCUT2D eigenvalue weighted by atomic mass is 16.5. The van der Waals surface area contributed by atoms with E-state index in [1.807, 2.05) is 66.7 Å². The number of hydrogen-bond donors (Lipinski definition) is 1. The maximum Gasteiger partial charge on any atom is 0.253 e. The molecule has 170 valence electrons. The molecule has 2 atom stereocenters. The van der Waals surface area contributed by atoms with Crippen LogP contribution >= 0.6 is 0 Å². The largest absolute Gasteiger partial charge is 0.497 e. The molecule has 1 saturated heterocycles. The molecular formula is C27H28N2O4. The smallest absolute Gasteiger partial charge is 0.253 e. The minimum Gasteiger partial charge on any atom is -0.497 e. The van der Waals surface area contributed by atoms with Crippen molar-refractivity contribution in [1.82, 2.24) is 10.2 Å². The topological polar surface area (TPSA) is 67.9 Å². The highest BCUT2D eigenvalue weighted by Gasteiger charge is 2.41. The fourth-order valence-electron chi connectivity index (χ4n) is 4.36. The Bertz CT molecular complexity index is 1100. The van der Waals surface area contributed by atoms with Crippen molar-refractivity contribution >= 4 is 11.8 Å². The Hall–Kier alpha value is -3.80. The summed E-state index contributed by atoms with van der Waals surface area (Å²) < 4.78 is 11.0. The van der Waals surface area contributed by atoms with E-state index in [1.54, 1.807) is 31.3 Å². The van der Waals surface area contributed by atoms with E-state index in [1.165, 1.54) is 0 Å².